The van der Waals surface area contributed by atoms with Crippen LogP contribution >= 0.6 is 0 Å². The lowest BCUT2D eigenvalue weighted by molar-refractivity contribution is -0.167. The van der Waals surface area contributed by atoms with Gasteiger partial charge < -0.3 is 24.1 Å². The first kappa shape index (κ1) is 63.3. The second-order valence-electron chi connectivity index (χ2n) is 18.6. The average molecular weight is 929 g/mol. The molecule has 8 heteroatoms. The van der Waals surface area contributed by atoms with E-state index in [4.69, 9.17) is 18.9 Å². The molecular weight excluding hydrogens is 825 g/mol. The molecule has 0 aromatic carbocycles. The fraction of sp³-hybridized carbons (Fsp3) is 0.810. The van der Waals surface area contributed by atoms with Crippen molar-refractivity contribution in [1.82, 2.24) is 0 Å². The standard InChI is InChI=1S/C58H104O8/c1-4-7-10-13-16-19-22-25-27-30-33-36-39-42-45-48-57(61)65-53-55(66-58(62)49-46-43-40-37-34-31-28-26-23-20-17-14-11-8-5-2)52-63-54(50-59)51-64-56(60)47-44-41-38-35-32-29-24-21-18-15-12-9-6-3/h16-17,19-20,25-28,54-55,59H,4-15,18,21-24,29-53H2,1-3H3/b19-16-,20-17-,27-25-,28-26-. The lowest BCUT2D eigenvalue weighted by atomic mass is 10.0. The van der Waals surface area contributed by atoms with Crippen LogP contribution in [0.1, 0.15) is 265 Å². The summed E-state index contributed by atoms with van der Waals surface area (Å²) in [6.45, 7) is 6.08. The van der Waals surface area contributed by atoms with Gasteiger partial charge in [-0.15, -0.1) is 0 Å². The van der Waals surface area contributed by atoms with E-state index in [-0.39, 0.29) is 50.8 Å². The van der Waals surface area contributed by atoms with Crippen LogP contribution in [0.25, 0.3) is 0 Å². The molecule has 0 rings (SSSR count). The van der Waals surface area contributed by atoms with Gasteiger partial charge in [-0.1, -0.05) is 211 Å². The van der Waals surface area contributed by atoms with Gasteiger partial charge in [-0.3, -0.25) is 14.4 Å². The SMILES string of the molecule is CCCCC/C=C\C/C=C\CCCCCCCC(=O)OCC(COC(CO)COC(=O)CCCCCCCCCCCCCCC)OC(=O)CCCCCCC/C=C\C/C=C\CCCCC. The highest BCUT2D eigenvalue weighted by Gasteiger charge is 2.21. The molecule has 1 N–H and O–H groups in total. The summed E-state index contributed by atoms with van der Waals surface area (Å²) in [4.78, 5) is 38.0. The largest absolute Gasteiger partial charge is 0.463 e. The Balaban J connectivity index is 4.59. The molecule has 66 heavy (non-hydrogen) atoms. The van der Waals surface area contributed by atoms with Crippen molar-refractivity contribution in [3.05, 3.63) is 48.6 Å². The second kappa shape index (κ2) is 53.2. The summed E-state index contributed by atoms with van der Waals surface area (Å²) < 4.78 is 22.6. The van der Waals surface area contributed by atoms with Crippen LogP contribution in [0.3, 0.4) is 0 Å². The van der Waals surface area contributed by atoms with Crippen LogP contribution in [0.2, 0.25) is 0 Å². The minimum absolute atomic E-state index is 0.0769. The normalized spacial score (nSPS) is 12.8. The number of unbranched alkanes of at least 4 members (excludes halogenated alkanes) is 28. The molecule has 0 saturated carbocycles. The zero-order valence-electron chi connectivity index (χ0n) is 43.3. The molecule has 0 bridgehead atoms. The molecule has 2 atom stereocenters. The zero-order valence-corrected chi connectivity index (χ0v) is 43.3. The molecule has 0 spiro atoms. The molecule has 2 unspecified atom stereocenters. The van der Waals surface area contributed by atoms with Gasteiger partial charge >= 0.3 is 17.9 Å². The minimum Gasteiger partial charge on any atom is -0.463 e. The molecule has 0 saturated heterocycles. The summed E-state index contributed by atoms with van der Waals surface area (Å²) in [6, 6.07) is 0. The third kappa shape index (κ3) is 49.2. The first-order valence-electron chi connectivity index (χ1n) is 27.8. The topological polar surface area (TPSA) is 108 Å². The van der Waals surface area contributed by atoms with E-state index in [0.717, 1.165) is 109 Å². The molecule has 0 aromatic heterocycles. The first-order valence-corrected chi connectivity index (χ1v) is 27.8. The molecule has 0 amide bonds. The van der Waals surface area contributed by atoms with Gasteiger partial charge in [0.15, 0.2) is 6.10 Å². The van der Waals surface area contributed by atoms with Crippen molar-refractivity contribution in [3.8, 4) is 0 Å². The smallest absolute Gasteiger partial charge is 0.306 e. The van der Waals surface area contributed by atoms with E-state index in [1.807, 2.05) is 0 Å². The molecule has 0 aliphatic heterocycles. The summed E-state index contributed by atoms with van der Waals surface area (Å²) in [5.74, 6) is -0.984. The predicted molar refractivity (Wildman–Crippen MR) is 278 cm³/mol. The quantitative estimate of drug-likeness (QED) is 0.0278. The van der Waals surface area contributed by atoms with Crippen LogP contribution in [-0.2, 0) is 33.3 Å². The molecule has 0 aliphatic rings. The van der Waals surface area contributed by atoms with Crippen molar-refractivity contribution in [1.29, 1.82) is 0 Å². The van der Waals surface area contributed by atoms with Crippen LogP contribution in [0.5, 0.6) is 0 Å². The van der Waals surface area contributed by atoms with Crippen LogP contribution in [0.4, 0.5) is 0 Å². The van der Waals surface area contributed by atoms with Gasteiger partial charge in [0.1, 0.15) is 19.3 Å². The Morgan fingerprint density at radius 3 is 1.05 bits per heavy atom. The lowest BCUT2D eigenvalue weighted by Gasteiger charge is -2.21. The van der Waals surface area contributed by atoms with Gasteiger partial charge in [0.05, 0.1) is 13.2 Å². The van der Waals surface area contributed by atoms with E-state index in [2.05, 4.69) is 69.4 Å². The summed E-state index contributed by atoms with van der Waals surface area (Å²) in [6.07, 6.45) is 57.9. The van der Waals surface area contributed by atoms with E-state index in [9.17, 15) is 19.5 Å². The fourth-order valence-electron chi connectivity index (χ4n) is 7.72. The maximum Gasteiger partial charge on any atom is 0.306 e. The number of hydrogen-bond acceptors (Lipinski definition) is 8. The monoisotopic (exact) mass is 929 g/mol. The molecule has 8 nitrogen and oxygen atoms in total. The number of rotatable bonds is 51. The Kier molecular flexibility index (Phi) is 51.1. The summed E-state index contributed by atoms with van der Waals surface area (Å²) in [5.41, 5.74) is 0. The number of hydrogen-bond donors (Lipinski definition) is 1. The van der Waals surface area contributed by atoms with Gasteiger partial charge in [0.2, 0.25) is 0 Å². The number of aliphatic hydroxyl groups excluding tert-OH is 1. The number of carbonyl (C=O) groups is 3. The predicted octanol–water partition coefficient (Wildman–Crippen LogP) is 16.5. The maximum atomic E-state index is 12.9. The Bertz CT molecular complexity index is 1180. The molecule has 384 valence electrons. The highest BCUT2D eigenvalue weighted by Crippen LogP contribution is 2.15. The Hall–Kier alpha value is -2.71. The van der Waals surface area contributed by atoms with Gasteiger partial charge in [-0.05, 0) is 83.5 Å². The van der Waals surface area contributed by atoms with Crippen molar-refractivity contribution < 1.29 is 38.4 Å². The Labute approximate surface area is 407 Å². The number of esters is 3. The Morgan fingerprint density at radius 2 is 0.667 bits per heavy atom. The van der Waals surface area contributed by atoms with Gasteiger partial charge in [0.25, 0.3) is 0 Å². The van der Waals surface area contributed by atoms with E-state index in [1.54, 1.807) is 0 Å². The van der Waals surface area contributed by atoms with Crippen molar-refractivity contribution in [2.24, 2.45) is 0 Å². The van der Waals surface area contributed by atoms with Crippen molar-refractivity contribution >= 4 is 17.9 Å². The van der Waals surface area contributed by atoms with Crippen molar-refractivity contribution in [2.75, 3.05) is 26.4 Å². The van der Waals surface area contributed by atoms with Crippen LogP contribution in [-0.4, -0.2) is 61.6 Å². The third-order valence-corrected chi connectivity index (χ3v) is 12.0. The number of carbonyl (C=O) groups excluding carboxylic acids is 3. The van der Waals surface area contributed by atoms with Gasteiger partial charge in [-0.25, -0.2) is 0 Å². The molecule has 0 radical (unpaired) electrons. The highest BCUT2D eigenvalue weighted by atomic mass is 16.6. The van der Waals surface area contributed by atoms with Gasteiger partial charge in [-0.2, -0.15) is 0 Å². The molecular formula is C58H104O8. The maximum absolute atomic E-state index is 12.9. The highest BCUT2D eigenvalue weighted by molar-refractivity contribution is 5.70. The molecule has 0 aromatic rings. The lowest BCUT2D eigenvalue weighted by Crippen LogP contribution is -2.34. The zero-order chi connectivity index (χ0) is 48.1. The first-order chi connectivity index (χ1) is 32.5. The van der Waals surface area contributed by atoms with E-state index < -0.39 is 12.2 Å². The van der Waals surface area contributed by atoms with E-state index in [0.29, 0.717) is 12.8 Å². The summed E-state index contributed by atoms with van der Waals surface area (Å²) in [5, 5.41) is 9.99. The summed E-state index contributed by atoms with van der Waals surface area (Å²) >= 11 is 0. The Morgan fingerprint density at radius 1 is 0.364 bits per heavy atom. The average Bonchev–Trinajstić information content (AvgIpc) is 3.32. The molecule has 0 heterocycles. The van der Waals surface area contributed by atoms with Crippen molar-refractivity contribution in [3.63, 3.8) is 0 Å². The minimum atomic E-state index is -0.820. The van der Waals surface area contributed by atoms with Crippen LogP contribution < -0.4 is 0 Å². The number of allylic oxidation sites excluding steroid dienone is 8. The third-order valence-electron chi connectivity index (χ3n) is 12.0. The number of ether oxygens (including phenoxy) is 4. The number of aliphatic hydroxyl groups is 1. The molecule has 0 fully saturated rings. The second-order valence-corrected chi connectivity index (χ2v) is 18.6. The van der Waals surface area contributed by atoms with Gasteiger partial charge in [0, 0.05) is 19.3 Å². The van der Waals surface area contributed by atoms with Crippen LogP contribution in [0.15, 0.2) is 48.6 Å². The van der Waals surface area contributed by atoms with E-state index >= 15 is 0 Å². The molecule has 0 aliphatic carbocycles. The fourth-order valence-corrected chi connectivity index (χ4v) is 7.72. The van der Waals surface area contributed by atoms with E-state index in [1.165, 1.54) is 116 Å². The van der Waals surface area contributed by atoms with Crippen molar-refractivity contribution in [2.45, 2.75) is 277 Å². The van der Waals surface area contributed by atoms with Crippen LogP contribution in [0, 0.1) is 0 Å². The summed E-state index contributed by atoms with van der Waals surface area (Å²) in [7, 11) is 0.